The predicted molar refractivity (Wildman–Crippen MR) is 78.2 cm³/mol. The van der Waals surface area contributed by atoms with Crippen LogP contribution < -0.4 is 5.22 Å². The summed E-state index contributed by atoms with van der Waals surface area (Å²) in [5.41, 5.74) is -5.24. The van der Waals surface area contributed by atoms with E-state index >= 15 is 0 Å². The molecule has 0 aromatic heterocycles. The van der Waals surface area contributed by atoms with Crippen LogP contribution in [0.15, 0.2) is 47.4 Å². The molecule has 3 nitrogen and oxygen atoms in total. The van der Waals surface area contributed by atoms with Crippen LogP contribution in [0.1, 0.15) is 0 Å². The number of benzene rings is 1. The SMILES string of the molecule is FC(F)(F)C1C=CC=C2[S+]=c3ccccc3=C21.O=S(=O)([O-])C(F)(F)F. The van der Waals surface area contributed by atoms with Gasteiger partial charge < -0.3 is 4.55 Å². The molecule has 25 heavy (non-hydrogen) atoms. The largest absolute Gasteiger partial charge is 0.741 e. The first-order valence-electron chi connectivity index (χ1n) is 6.44. The van der Waals surface area contributed by atoms with Crippen LogP contribution in [0, 0.1) is 10.4 Å². The Morgan fingerprint density at radius 3 is 2.12 bits per heavy atom. The second-order valence-corrected chi connectivity index (χ2v) is 7.30. The van der Waals surface area contributed by atoms with Gasteiger partial charge in [-0.3, -0.25) is 0 Å². The molecule has 1 unspecified atom stereocenters. The molecule has 0 fully saturated rings. The lowest BCUT2D eigenvalue weighted by Gasteiger charge is -2.18. The van der Waals surface area contributed by atoms with Gasteiger partial charge in [-0.1, -0.05) is 24.3 Å². The molecule has 1 aromatic rings. The van der Waals surface area contributed by atoms with Crippen molar-refractivity contribution in [3.63, 3.8) is 0 Å². The minimum absolute atomic E-state index is 0.403. The van der Waals surface area contributed by atoms with Gasteiger partial charge in [0.05, 0.1) is 0 Å². The highest BCUT2D eigenvalue weighted by Crippen LogP contribution is 2.39. The number of halogens is 6. The first-order valence-corrected chi connectivity index (χ1v) is 8.66. The van der Waals surface area contributed by atoms with E-state index < -0.39 is 27.7 Å². The monoisotopic (exact) mass is 402 g/mol. The van der Waals surface area contributed by atoms with Crippen LogP contribution in [0.5, 0.6) is 0 Å². The van der Waals surface area contributed by atoms with E-state index in [2.05, 4.69) is 0 Å². The van der Waals surface area contributed by atoms with Crippen molar-refractivity contribution in [2.24, 2.45) is 5.92 Å². The first kappa shape index (κ1) is 19.6. The van der Waals surface area contributed by atoms with Crippen molar-refractivity contribution >= 4 is 27.0 Å². The van der Waals surface area contributed by atoms with Crippen LogP contribution in [-0.4, -0.2) is 24.7 Å². The van der Waals surface area contributed by atoms with Crippen LogP contribution in [0.2, 0.25) is 0 Å². The van der Waals surface area contributed by atoms with Gasteiger partial charge in [0.1, 0.15) is 5.92 Å². The van der Waals surface area contributed by atoms with Crippen LogP contribution in [0.25, 0.3) is 5.57 Å². The second kappa shape index (κ2) is 6.54. The molecule has 1 atom stereocenters. The summed E-state index contributed by atoms with van der Waals surface area (Å²) in [6.45, 7) is 0. The Morgan fingerprint density at radius 1 is 1.04 bits per heavy atom. The lowest BCUT2D eigenvalue weighted by molar-refractivity contribution is -0.146. The first-order chi connectivity index (χ1) is 11.3. The minimum atomic E-state index is -6.09. The Hall–Kier alpha value is -1.72. The average molecular weight is 402 g/mol. The molecule has 11 heteroatoms. The molecular formula is C14H8F6O3S2. The van der Waals surface area contributed by atoms with Gasteiger partial charge in [0.2, 0.25) is 20.8 Å². The highest BCUT2D eigenvalue weighted by molar-refractivity contribution is 7.86. The number of alkyl halides is 6. The molecule has 3 rings (SSSR count). The molecule has 0 amide bonds. The summed E-state index contributed by atoms with van der Waals surface area (Å²) in [5, 5.41) is 0.718. The van der Waals surface area contributed by atoms with E-state index in [0.717, 1.165) is 14.6 Å². The Morgan fingerprint density at radius 2 is 1.60 bits per heavy atom. The van der Waals surface area contributed by atoms with E-state index in [4.69, 9.17) is 13.0 Å². The van der Waals surface area contributed by atoms with Crippen LogP contribution in [0.3, 0.4) is 0 Å². The number of rotatable bonds is 0. The molecule has 1 aliphatic heterocycles. The van der Waals surface area contributed by atoms with Gasteiger partial charge in [0.15, 0.2) is 10.1 Å². The van der Waals surface area contributed by atoms with Crippen molar-refractivity contribution in [1.29, 1.82) is 0 Å². The molecule has 1 aliphatic carbocycles. The highest BCUT2D eigenvalue weighted by atomic mass is 32.2. The summed E-state index contributed by atoms with van der Waals surface area (Å²) < 4.78 is 98.7. The van der Waals surface area contributed by atoms with Crippen molar-refractivity contribution in [3.05, 3.63) is 57.1 Å². The third-order valence-electron chi connectivity index (χ3n) is 3.16. The molecular weight excluding hydrogens is 394 g/mol. The molecule has 0 saturated heterocycles. The van der Waals surface area contributed by atoms with Gasteiger partial charge in [-0.2, -0.15) is 26.3 Å². The summed E-state index contributed by atoms with van der Waals surface area (Å²) >= 11 is 1.41. The van der Waals surface area contributed by atoms with Gasteiger partial charge in [-0.15, -0.1) is 0 Å². The molecule has 0 bridgehead atoms. The van der Waals surface area contributed by atoms with Gasteiger partial charge in [0, 0.05) is 22.9 Å². The van der Waals surface area contributed by atoms with Crippen LogP contribution >= 0.6 is 0 Å². The minimum Gasteiger partial charge on any atom is -0.741 e. The summed E-state index contributed by atoms with van der Waals surface area (Å²) in [5.74, 6) is -1.47. The van der Waals surface area contributed by atoms with Crippen LogP contribution in [-0.2, 0) is 21.5 Å². The van der Waals surface area contributed by atoms with Crippen molar-refractivity contribution < 1.29 is 39.3 Å². The zero-order valence-electron chi connectivity index (χ0n) is 11.9. The second-order valence-electron chi connectivity index (χ2n) is 4.85. The third-order valence-corrected chi connectivity index (χ3v) is 4.88. The van der Waals surface area contributed by atoms with E-state index in [0.29, 0.717) is 5.57 Å². The van der Waals surface area contributed by atoms with Gasteiger partial charge in [0.25, 0.3) is 0 Å². The molecule has 0 spiro atoms. The van der Waals surface area contributed by atoms with Gasteiger partial charge >= 0.3 is 11.7 Å². The molecule has 1 heterocycles. The number of allylic oxidation sites excluding steroid dienone is 4. The molecule has 1 aromatic carbocycles. The van der Waals surface area contributed by atoms with E-state index in [1.165, 1.54) is 23.5 Å². The van der Waals surface area contributed by atoms with E-state index in [-0.39, 0.29) is 0 Å². The Labute approximate surface area is 141 Å². The Kier molecular flexibility index (Phi) is 5.13. The van der Waals surface area contributed by atoms with Crippen molar-refractivity contribution in [2.45, 2.75) is 11.7 Å². The van der Waals surface area contributed by atoms with Gasteiger partial charge in [-0.25, -0.2) is 8.42 Å². The number of hydrogen-bond donors (Lipinski definition) is 0. The van der Waals surface area contributed by atoms with Crippen molar-refractivity contribution in [3.8, 4) is 0 Å². The fourth-order valence-electron chi connectivity index (χ4n) is 2.15. The van der Waals surface area contributed by atoms with Crippen LogP contribution in [0.4, 0.5) is 26.3 Å². The van der Waals surface area contributed by atoms with E-state index in [9.17, 15) is 26.3 Å². The zero-order valence-corrected chi connectivity index (χ0v) is 13.6. The Bertz CT molecular complexity index is 956. The lowest BCUT2D eigenvalue weighted by atomic mass is 9.92. The maximum Gasteiger partial charge on any atom is 0.485 e. The number of fused-ring (bicyclic) bond motifs is 2. The quantitative estimate of drug-likeness (QED) is 0.221. The zero-order chi connectivity index (χ0) is 19.0. The van der Waals surface area contributed by atoms with E-state index in [1.54, 1.807) is 18.2 Å². The highest BCUT2D eigenvalue weighted by Gasteiger charge is 2.46. The molecule has 2 aliphatic rings. The standard InChI is InChI=1S/C13H8F3S.CHF3O3S/c14-13(15,16)9-5-3-7-11-12(9)8-4-1-2-6-10(8)17-11;2-1(3,4)8(5,6)7/h1-7,9H;(H,5,6,7)/q+1;/p-1. The van der Waals surface area contributed by atoms with E-state index in [1.807, 2.05) is 12.1 Å². The third kappa shape index (κ3) is 4.28. The lowest BCUT2D eigenvalue weighted by Crippen LogP contribution is -2.26. The normalized spacial score (nSPS) is 19.2. The summed E-state index contributed by atoms with van der Waals surface area (Å²) in [7, 11) is -6.09. The maximum absolute atomic E-state index is 13.0. The average Bonchev–Trinajstić information content (AvgIpc) is 2.83. The van der Waals surface area contributed by atoms with Crippen molar-refractivity contribution in [1.82, 2.24) is 0 Å². The fraction of sp³-hybridized carbons (Fsp3) is 0.214. The maximum atomic E-state index is 13.0. The smallest absolute Gasteiger partial charge is 0.485 e. The van der Waals surface area contributed by atoms with Gasteiger partial charge in [-0.05, 0) is 6.07 Å². The topological polar surface area (TPSA) is 57.2 Å². The predicted octanol–water partition coefficient (Wildman–Crippen LogP) is 2.87. The molecule has 0 radical (unpaired) electrons. The Balaban J connectivity index is 0.000000242. The fourth-order valence-corrected chi connectivity index (χ4v) is 3.32. The molecule has 136 valence electrons. The summed E-state index contributed by atoms with van der Waals surface area (Å²) in [4.78, 5) is 0.719. The number of hydrogen-bond acceptors (Lipinski definition) is 3. The molecule has 0 saturated carbocycles. The summed E-state index contributed by atoms with van der Waals surface area (Å²) in [6, 6.07) is 7.25. The van der Waals surface area contributed by atoms with Crippen molar-refractivity contribution in [2.75, 3.05) is 0 Å². The molecule has 0 N–H and O–H groups in total. The summed E-state index contributed by atoms with van der Waals surface area (Å²) in [6.07, 6.45) is 0.253.